The van der Waals surface area contributed by atoms with E-state index in [-0.39, 0.29) is 12.1 Å². The predicted octanol–water partition coefficient (Wildman–Crippen LogP) is 2.80. The Morgan fingerprint density at radius 1 is 1.12 bits per heavy atom. The molecular formula is C19H23FN4. The third kappa shape index (κ3) is 2.77. The van der Waals surface area contributed by atoms with Gasteiger partial charge in [0.2, 0.25) is 0 Å². The normalized spacial score (nSPS) is 20.1. The van der Waals surface area contributed by atoms with E-state index in [4.69, 9.17) is 0 Å². The van der Waals surface area contributed by atoms with Crippen molar-refractivity contribution in [1.29, 1.82) is 0 Å². The second-order valence-corrected chi connectivity index (χ2v) is 6.89. The van der Waals surface area contributed by atoms with E-state index in [9.17, 15) is 4.39 Å². The first-order valence-corrected chi connectivity index (χ1v) is 8.68. The second kappa shape index (κ2) is 6.48. The molecule has 1 spiro atoms. The fourth-order valence-corrected chi connectivity index (χ4v) is 4.31. The Labute approximate surface area is 142 Å². The minimum absolute atomic E-state index is 0.142. The number of halogens is 1. The van der Waals surface area contributed by atoms with Crippen LogP contribution in [-0.2, 0) is 12.0 Å². The van der Waals surface area contributed by atoms with Crippen LogP contribution in [0.4, 0.5) is 10.2 Å². The highest BCUT2D eigenvalue weighted by molar-refractivity contribution is 5.42. The first-order chi connectivity index (χ1) is 11.8. The summed E-state index contributed by atoms with van der Waals surface area (Å²) in [5.41, 5.74) is 2.98. The maximum Gasteiger partial charge on any atom is 0.147 e. The Morgan fingerprint density at radius 2 is 1.96 bits per heavy atom. The van der Waals surface area contributed by atoms with E-state index in [0.717, 1.165) is 44.8 Å². The minimum atomic E-state index is -0.274. The molecule has 126 valence electrons. The SMILES string of the molecule is FCCN1Cc2ccccc2C2(CCN(c3cnccn3)CC2)C1. The zero-order valence-corrected chi connectivity index (χ0v) is 13.9. The van der Waals surface area contributed by atoms with E-state index >= 15 is 0 Å². The molecule has 2 aliphatic rings. The number of fused-ring (bicyclic) bond motifs is 2. The Balaban J connectivity index is 1.58. The van der Waals surface area contributed by atoms with Gasteiger partial charge in [0.25, 0.3) is 0 Å². The summed E-state index contributed by atoms with van der Waals surface area (Å²) in [6, 6.07) is 8.72. The fraction of sp³-hybridized carbons (Fsp3) is 0.474. The summed E-state index contributed by atoms with van der Waals surface area (Å²) < 4.78 is 12.9. The summed E-state index contributed by atoms with van der Waals surface area (Å²) in [6.45, 7) is 4.03. The van der Waals surface area contributed by atoms with Crippen molar-refractivity contribution in [2.75, 3.05) is 37.8 Å². The molecule has 0 N–H and O–H groups in total. The lowest BCUT2D eigenvalue weighted by atomic mass is 9.69. The average molecular weight is 326 g/mol. The summed E-state index contributed by atoms with van der Waals surface area (Å²) >= 11 is 0. The highest BCUT2D eigenvalue weighted by Crippen LogP contribution is 2.42. The van der Waals surface area contributed by atoms with Crippen LogP contribution in [0.1, 0.15) is 24.0 Å². The van der Waals surface area contributed by atoms with Gasteiger partial charge in [-0.05, 0) is 24.0 Å². The van der Waals surface area contributed by atoms with E-state index < -0.39 is 0 Å². The quantitative estimate of drug-likeness (QED) is 0.868. The van der Waals surface area contributed by atoms with Crippen LogP contribution < -0.4 is 4.90 Å². The van der Waals surface area contributed by atoms with Crippen LogP contribution in [0, 0.1) is 0 Å². The van der Waals surface area contributed by atoms with Gasteiger partial charge >= 0.3 is 0 Å². The Bertz CT molecular complexity index is 683. The zero-order chi connectivity index (χ0) is 16.4. The Kier molecular flexibility index (Phi) is 4.19. The summed E-state index contributed by atoms with van der Waals surface area (Å²) in [6.07, 6.45) is 7.44. The molecule has 0 radical (unpaired) electrons. The lowest BCUT2D eigenvalue weighted by molar-refractivity contribution is 0.144. The van der Waals surface area contributed by atoms with Crippen LogP contribution in [0.15, 0.2) is 42.9 Å². The minimum Gasteiger partial charge on any atom is -0.355 e. The van der Waals surface area contributed by atoms with Gasteiger partial charge in [0.05, 0.1) is 6.20 Å². The van der Waals surface area contributed by atoms with Gasteiger partial charge < -0.3 is 4.90 Å². The molecular weight excluding hydrogens is 303 g/mol. The highest BCUT2D eigenvalue weighted by Gasteiger charge is 2.41. The summed E-state index contributed by atoms with van der Waals surface area (Å²) in [7, 11) is 0. The average Bonchev–Trinajstić information content (AvgIpc) is 2.64. The van der Waals surface area contributed by atoms with Gasteiger partial charge in [-0.3, -0.25) is 9.88 Å². The molecule has 0 saturated carbocycles. The number of benzene rings is 1. The van der Waals surface area contributed by atoms with Crippen molar-refractivity contribution in [1.82, 2.24) is 14.9 Å². The van der Waals surface area contributed by atoms with Gasteiger partial charge in [0.1, 0.15) is 12.5 Å². The molecule has 1 fully saturated rings. The smallest absolute Gasteiger partial charge is 0.147 e. The molecule has 4 rings (SSSR count). The standard InChI is InChI=1S/C19H23FN4/c20-7-12-23-14-16-3-1-2-4-17(16)19(15-23)5-10-24(11-6-19)18-13-21-8-9-22-18/h1-4,8-9,13H,5-7,10-12,14-15H2. The third-order valence-corrected chi connectivity index (χ3v) is 5.50. The van der Waals surface area contributed by atoms with Gasteiger partial charge in [-0.2, -0.15) is 0 Å². The van der Waals surface area contributed by atoms with Crippen molar-refractivity contribution in [3.05, 3.63) is 54.0 Å². The van der Waals surface area contributed by atoms with Crippen molar-refractivity contribution < 1.29 is 4.39 Å². The zero-order valence-electron chi connectivity index (χ0n) is 13.9. The van der Waals surface area contributed by atoms with Gasteiger partial charge in [0, 0.05) is 50.5 Å². The van der Waals surface area contributed by atoms with Gasteiger partial charge in [-0.15, -0.1) is 0 Å². The third-order valence-electron chi connectivity index (χ3n) is 5.50. The van der Waals surface area contributed by atoms with E-state index in [0.29, 0.717) is 6.54 Å². The molecule has 2 aliphatic heterocycles. The fourth-order valence-electron chi connectivity index (χ4n) is 4.31. The van der Waals surface area contributed by atoms with E-state index in [1.807, 2.05) is 6.20 Å². The summed E-state index contributed by atoms with van der Waals surface area (Å²) in [5, 5.41) is 0. The van der Waals surface area contributed by atoms with E-state index in [1.165, 1.54) is 11.1 Å². The lowest BCUT2D eigenvalue weighted by Crippen LogP contribution is -2.52. The van der Waals surface area contributed by atoms with Crippen LogP contribution in [-0.4, -0.2) is 47.7 Å². The number of hydrogen-bond donors (Lipinski definition) is 0. The van der Waals surface area contributed by atoms with Crippen molar-refractivity contribution in [3.8, 4) is 0 Å². The molecule has 0 unspecified atom stereocenters. The molecule has 4 nitrogen and oxygen atoms in total. The molecule has 0 aliphatic carbocycles. The highest BCUT2D eigenvalue weighted by atomic mass is 19.1. The molecule has 2 aromatic rings. The molecule has 0 atom stereocenters. The Hall–Kier alpha value is -2.01. The topological polar surface area (TPSA) is 32.3 Å². The molecule has 24 heavy (non-hydrogen) atoms. The molecule has 1 aromatic heterocycles. The number of piperidine rings is 1. The van der Waals surface area contributed by atoms with E-state index in [1.54, 1.807) is 12.4 Å². The van der Waals surface area contributed by atoms with Crippen LogP contribution in [0.5, 0.6) is 0 Å². The number of nitrogens with zero attached hydrogens (tertiary/aromatic N) is 4. The number of alkyl halides is 1. The number of hydrogen-bond acceptors (Lipinski definition) is 4. The van der Waals surface area contributed by atoms with Crippen LogP contribution >= 0.6 is 0 Å². The van der Waals surface area contributed by atoms with Crippen molar-refractivity contribution in [2.45, 2.75) is 24.8 Å². The van der Waals surface area contributed by atoms with Crippen molar-refractivity contribution in [3.63, 3.8) is 0 Å². The molecule has 0 amide bonds. The largest absolute Gasteiger partial charge is 0.355 e. The van der Waals surface area contributed by atoms with Gasteiger partial charge in [0.15, 0.2) is 0 Å². The maximum atomic E-state index is 12.9. The van der Waals surface area contributed by atoms with Crippen molar-refractivity contribution in [2.24, 2.45) is 0 Å². The van der Waals surface area contributed by atoms with Crippen LogP contribution in [0.3, 0.4) is 0 Å². The first-order valence-electron chi connectivity index (χ1n) is 8.68. The molecule has 1 saturated heterocycles. The van der Waals surface area contributed by atoms with E-state index in [2.05, 4.69) is 44.0 Å². The predicted molar refractivity (Wildman–Crippen MR) is 92.9 cm³/mol. The first kappa shape index (κ1) is 15.5. The van der Waals surface area contributed by atoms with Crippen LogP contribution in [0.2, 0.25) is 0 Å². The monoisotopic (exact) mass is 326 g/mol. The Morgan fingerprint density at radius 3 is 2.71 bits per heavy atom. The summed E-state index contributed by atoms with van der Waals surface area (Å²) in [5.74, 6) is 0.956. The molecule has 3 heterocycles. The number of aromatic nitrogens is 2. The van der Waals surface area contributed by atoms with Crippen molar-refractivity contribution >= 4 is 5.82 Å². The van der Waals surface area contributed by atoms with Gasteiger partial charge in [-0.1, -0.05) is 24.3 Å². The van der Waals surface area contributed by atoms with Gasteiger partial charge in [-0.25, -0.2) is 9.37 Å². The maximum absolute atomic E-state index is 12.9. The molecule has 1 aromatic carbocycles. The lowest BCUT2D eigenvalue weighted by Gasteiger charge is -2.48. The summed E-state index contributed by atoms with van der Waals surface area (Å²) in [4.78, 5) is 13.2. The number of anilines is 1. The molecule has 5 heteroatoms. The number of rotatable bonds is 3. The molecule has 0 bridgehead atoms. The second-order valence-electron chi connectivity index (χ2n) is 6.89. The van der Waals surface area contributed by atoms with Crippen LogP contribution in [0.25, 0.3) is 0 Å².